The molecular formula is C14H19ClIN. The summed E-state index contributed by atoms with van der Waals surface area (Å²) < 4.78 is 1.21. The topological polar surface area (TPSA) is 12.0 Å². The smallest absolute Gasteiger partial charge is 0.0479 e. The number of hydrogen-bond acceptors (Lipinski definition) is 1. The predicted octanol–water partition coefficient (Wildman–Crippen LogP) is 5.18. The Bertz CT molecular complexity index is 384. The average molecular weight is 364 g/mol. The third-order valence-electron chi connectivity index (χ3n) is 3.47. The number of hydrogen-bond donors (Lipinski definition) is 1. The lowest BCUT2D eigenvalue weighted by Gasteiger charge is -2.32. The zero-order valence-electron chi connectivity index (χ0n) is 10.3. The molecule has 1 aliphatic rings. The van der Waals surface area contributed by atoms with Gasteiger partial charge in [0.05, 0.1) is 0 Å². The molecule has 0 bridgehead atoms. The van der Waals surface area contributed by atoms with E-state index in [0.717, 1.165) is 16.9 Å². The summed E-state index contributed by atoms with van der Waals surface area (Å²) in [4.78, 5) is 0. The molecule has 0 amide bonds. The van der Waals surface area contributed by atoms with Crippen LogP contribution in [0.4, 0.5) is 5.69 Å². The summed E-state index contributed by atoms with van der Waals surface area (Å²) in [5.74, 6) is 1.67. The normalized spacial score (nSPS) is 29.1. The lowest BCUT2D eigenvalue weighted by Crippen LogP contribution is -2.30. The molecule has 94 valence electrons. The van der Waals surface area contributed by atoms with Crippen molar-refractivity contribution < 1.29 is 0 Å². The maximum Gasteiger partial charge on any atom is 0.0479 e. The van der Waals surface area contributed by atoms with Gasteiger partial charge in [-0.25, -0.2) is 0 Å². The first-order valence-electron chi connectivity index (χ1n) is 6.26. The molecule has 1 aliphatic carbocycles. The van der Waals surface area contributed by atoms with Crippen LogP contribution in [0.3, 0.4) is 0 Å². The van der Waals surface area contributed by atoms with Crippen LogP contribution in [0.15, 0.2) is 18.2 Å². The van der Waals surface area contributed by atoms with Gasteiger partial charge in [-0.1, -0.05) is 25.4 Å². The molecule has 1 saturated carbocycles. The standard InChI is InChI=1S/C14H19ClIN/c1-9-5-10(2)7-12(6-9)17-14-4-3-11(15)8-13(14)16/h3-4,8-10,12,17H,5-7H2,1-2H3. The molecule has 2 atom stereocenters. The van der Waals surface area contributed by atoms with Crippen LogP contribution in [0.1, 0.15) is 33.1 Å². The molecule has 0 spiro atoms. The highest BCUT2D eigenvalue weighted by Gasteiger charge is 2.23. The lowest BCUT2D eigenvalue weighted by atomic mass is 9.80. The average Bonchev–Trinajstić information content (AvgIpc) is 2.21. The van der Waals surface area contributed by atoms with Crippen LogP contribution in [0.5, 0.6) is 0 Å². The van der Waals surface area contributed by atoms with Crippen molar-refractivity contribution in [2.24, 2.45) is 11.8 Å². The number of halogens is 2. The van der Waals surface area contributed by atoms with Gasteiger partial charge in [0.25, 0.3) is 0 Å². The number of benzene rings is 1. The fraction of sp³-hybridized carbons (Fsp3) is 0.571. The Hall–Kier alpha value is 0.0400. The first-order valence-corrected chi connectivity index (χ1v) is 7.72. The van der Waals surface area contributed by atoms with Crippen LogP contribution in [-0.4, -0.2) is 6.04 Å². The van der Waals surface area contributed by atoms with Crippen molar-refractivity contribution in [3.8, 4) is 0 Å². The Morgan fingerprint density at radius 1 is 1.18 bits per heavy atom. The first kappa shape index (κ1) is 13.5. The molecule has 0 aromatic heterocycles. The number of nitrogens with one attached hydrogen (secondary N) is 1. The predicted molar refractivity (Wildman–Crippen MR) is 83.8 cm³/mol. The zero-order valence-corrected chi connectivity index (χ0v) is 13.3. The van der Waals surface area contributed by atoms with E-state index in [1.54, 1.807) is 0 Å². The second-order valence-corrected chi connectivity index (χ2v) is 6.98. The molecule has 0 radical (unpaired) electrons. The van der Waals surface area contributed by atoms with Gasteiger partial charge in [-0.3, -0.25) is 0 Å². The molecule has 1 aromatic rings. The van der Waals surface area contributed by atoms with E-state index in [9.17, 15) is 0 Å². The molecule has 1 nitrogen and oxygen atoms in total. The van der Waals surface area contributed by atoms with Gasteiger partial charge in [0.15, 0.2) is 0 Å². The summed E-state index contributed by atoms with van der Waals surface area (Å²) in [6, 6.07) is 6.68. The fourth-order valence-corrected chi connectivity index (χ4v) is 3.92. The van der Waals surface area contributed by atoms with Crippen LogP contribution < -0.4 is 5.32 Å². The van der Waals surface area contributed by atoms with Crippen molar-refractivity contribution in [2.75, 3.05) is 5.32 Å². The minimum absolute atomic E-state index is 0.614. The Kier molecular flexibility index (Phi) is 4.59. The maximum absolute atomic E-state index is 5.97. The minimum atomic E-state index is 0.614. The summed E-state index contributed by atoms with van der Waals surface area (Å²) in [5, 5.41) is 4.48. The van der Waals surface area contributed by atoms with E-state index in [4.69, 9.17) is 11.6 Å². The number of rotatable bonds is 2. The van der Waals surface area contributed by atoms with Gasteiger partial charge in [-0.2, -0.15) is 0 Å². The fourth-order valence-electron chi connectivity index (χ4n) is 2.89. The number of anilines is 1. The van der Waals surface area contributed by atoms with E-state index in [-0.39, 0.29) is 0 Å². The molecule has 17 heavy (non-hydrogen) atoms. The van der Waals surface area contributed by atoms with Crippen molar-refractivity contribution in [1.82, 2.24) is 0 Å². The molecular weight excluding hydrogens is 345 g/mol. The summed E-state index contributed by atoms with van der Waals surface area (Å²) in [6.07, 6.45) is 3.93. The molecule has 1 aromatic carbocycles. The van der Waals surface area contributed by atoms with Crippen LogP contribution in [0, 0.1) is 15.4 Å². The van der Waals surface area contributed by atoms with Crippen molar-refractivity contribution in [2.45, 2.75) is 39.2 Å². The second kappa shape index (κ2) is 5.79. The highest BCUT2D eigenvalue weighted by Crippen LogP contribution is 2.32. The highest BCUT2D eigenvalue weighted by atomic mass is 127. The molecule has 1 N–H and O–H groups in total. The van der Waals surface area contributed by atoms with Gasteiger partial charge >= 0.3 is 0 Å². The second-order valence-electron chi connectivity index (χ2n) is 5.38. The van der Waals surface area contributed by atoms with Crippen LogP contribution in [-0.2, 0) is 0 Å². The molecule has 2 unspecified atom stereocenters. The van der Waals surface area contributed by atoms with Gasteiger partial charge in [0.1, 0.15) is 0 Å². The van der Waals surface area contributed by atoms with Gasteiger partial charge in [-0.05, 0) is 71.9 Å². The summed E-state index contributed by atoms with van der Waals surface area (Å²) in [6.45, 7) is 4.72. The van der Waals surface area contributed by atoms with E-state index >= 15 is 0 Å². The Morgan fingerprint density at radius 3 is 2.41 bits per heavy atom. The third kappa shape index (κ3) is 3.75. The van der Waals surface area contributed by atoms with Gasteiger partial charge in [0.2, 0.25) is 0 Å². The minimum Gasteiger partial charge on any atom is -0.381 e. The van der Waals surface area contributed by atoms with Crippen molar-refractivity contribution in [3.63, 3.8) is 0 Å². The van der Waals surface area contributed by atoms with Gasteiger partial charge in [-0.15, -0.1) is 0 Å². The Balaban J connectivity index is 2.04. The molecule has 0 heterocycles. The summed E-state index contributed by atoms with van der Waals surface area (Å²) in [7, 11) is 0. The quantitative estimate of drug-likeness (QED) is 0.714. The van der Waals surface area contributed by atoms with E-state index in [1.165, 1.54) is 28.5 Å². The van der Waals surface area contributed by atoms with E-state index in [0.29, 0.717) is 6.04 Å². The monoisotopic (exact) mass is 363 g/mol. The third-order valence-corrected chi connectivity index (χ3v) is 4.60. The molecule has 0 aliphatic heterocycles. The van der Waals surface area contributed by atoms with Crippen molar-refractivity contribution in [3.05, 3.63) is 26.8 Å². The molecule has 0 saturated heterocycles. The Labute approximate surface area is 122 Å². The maximum atomic E-state index is 5.97. The van der Waals surface area contributed by atoms with E-state index in [1.807, 2.05) is 12.1 Å². The van der Waals surface area contributed by atoms with Crippen LogP contribution >= 0.6 is 34.2 Å². The molecule has 1 fully saturated rings. The zero-order chi connectivity index (χ0) is 12.4. The van der Waals surface area contributed by atoms with Crippen molar-refractivity contribution in [1.29, 1.82) is 0 Å². The summed E-state index contributed by atoms with van der Waals surface area (Å²) in [5.41, 5.74) is 1.22. The Morgan fingerprint density at radius 2 is 1.82 bits per heavy atom. The van der Waals surface area contributed by atoms with Crippen LogP contribution in [0.25, 0.3) is 0 Å². The van der Waals surface area contributed by atoms with Gasteiger partial charge in [0, 0.05) is 20.3 Å². The largest absolute Gasteiger partial charge is 0.381 e. The van der Waals surface area contributed by atoms with E-state index in [2.05, 4.69) is 47.8 Å². The molecule has 2 rings (SSSR count). The first-order chi connectivity index (χ1) is 8.04. The molecule has 3 heteroatoms. The van der Waals surface area contributed by atoms with Crippen LogP contribution in [0.2, 0.25) is 5.02 Å². The van der Waals surface area contributed by atoms with Crippen molar-refractivity contribution >= 4 is 39.9 Å². The van der Waals surface area contributed by atoms with Gasteiger partial charge < -0.3 is 5.32 Å². The summed E-state index contributed by atoms with van der Waals surface area (Å²) >= 11 is 8.32. The SMILES string of the molecule is CC1CC(C)CC(Nc2ccc(Cl)cc2I)C1. The van der Waals surface area contributed by atoms with E-state index < -0.39 is 0 Å². The highest BCUT2D eigenvalue weighted by molar-refractivity contribution is 14.1. The lowest BCUT2D eigenvalue weighted by molar-refractivity contribution is 0.281.